The number of rotatable bonds is 5. The summed E-state index contributed by atoms with van der Waals surface area (Å²) in [6.07, 6.45) is 11.6. The molecule has 0 spiro atoms. The zero-order chi connectivity index (χ0) is 17.7. The van der Waals surface area contributed by atoms with Crippen LogP contribution in [0.25, 0.3) is 0 Å². The van der Waals surface area contributed by atoms with Crippen LogP contribution in [0.4, 0.5) is 0 Å². The molecule has 1 unspecified atom stereocenters. The van der Waals surface area contributed by atoms with Gasteiger partial charge in [-0.3, -0.25) is 9.67 Å². The molecule has 0 aromatic carbocycles. The number of likely N-dealkylation sites (tertiary alicyclic amines) is 1. The molecule has 0 amide bonds. The fourth-order valence-electron chi connectivity index (χ4n) is 4.12. The van der Waals surface area contributed by atoms with Gasteiger partial charge in [0.2, 0.25) is 0 Å². The first-order chi connectivity index (χ1) is 12.1. The van der Waals surface area contributed by atoms with Crippen molar-refractivity contribution in [3.63, 3.8) is 0 Å². The van der Waals surface area contributed by atoms with Gasteiger partial charge in [-0.15, -0.1) is 0 Å². The van der Waals surface area contributed by atoms with Crippen LogP contribution in [-0.2, 0) is 13.5 Å². The molecule has 1 saturated heterocycles. The minimum absolute atomic E-state index is 0.527. The van der Waals surface area contributed by atoms with Crippen molar-refractivity contribution < 1.29 is 5.11 Å². The molecule has 0 bridgehead atoms. The molecule has 1 aromatic rings. The summed E-state index contributed by atoms with van der Waals surface area (Å²) in [6, 6.07) is 0. The van der Waals surface area contributed by atoms with Crippen LogP contribution < -0.4 is 5.32 Å². The first kappa shape index (κ1) is 18.2. The second-order valence-corrected chi connectivity index (χ2v) is 7.78. The third-order valence-electron chi connectivity index (χ3n) is 5.51. The lowest BCUT2D eigenvalue weighted by Crippen LogP contribution is -2.42. The van der Waals surface area contributed by atoms with Gasteiger partial charge < -0.3 is 15.3 Å². The van der Waals surface area contributed by atoms with Crippen molar-refractivity contribution in [3.05, 3.63) is 18.0 Å². The Balaban J connectivity index is 1.57. The van der Waals surface area contributed by atoms with Gasteiger partial charge in [0.25, 0.3) is 0 Å². The van der Waals surface area contributed by atoms with E-state index < -0.39 is 5.60 Å². The van der Waals surface area contributed by atoms with Crippen LogP contribution >= 0.6 is 0 Å². The molecular weight excluding hydrogens is 314 g/mol. The number of aliphatic imine (C=N–C) groups is 1. The average Bonchev–Trinajstić information content (AvgIpc) is 3.22. The van der Waals surface area contributed by atoms with Crippen molar-refractivity contribution >= 4 is 5.96 Å². The highest BCUT2D eigenvalue weighted by Crippen LogP contribution is 2.28. The predicted molar refractivity (Wildman–Crippen MR) is 101 cm³/mol. The molecule has 1 aromatic heterocycles. The van der Waals surface area contributed by atoms with Crippen LogP contribution in [0.2, 0.25) is 0 Å². The van der Waals surface area contributed by atoms with Crippen LogP contribution in [0.15, 0.2) is 17.4 Å². The first-order valence-corrected chi connectivity index (χ1v) is 9.81. The Hall–Kier alpha value is -1.56. The maximum atomic E-state index is 10.7. The second kappa shape index (κ2) is 8.21. The Kier molecular flexibility index (Phi) is 5.99. The number of nitrogens with one attached hydrogen (secondary N) is 1. The van der Waals surface area contributed by atoms with Gasteiger partial charge in [0.15, 0.2) is 5.96 Å². The second-order valence-electron chi connectivity index (χ2n) is 7.78. The summed E-state index contributed by atoms with van der Waals surface area (Å²) >= 11 is 0. The minimum Gasteiger partial charge on any atom is -0.388 e. The van der Waals surface area contributed by atoms with Gasteiger partial charge in [-0.25, -0.2) is 0 Å². The van der Waals surface area contributed by atoms with Crippen LogP contribution in [-0.4, -0.2) is 57.5 Å². The van der Waals surface area contributed by atoms with E-state index in [4.69, 9.17) is 4.99 Å². The highest BCUT2D eigenvalue weighted by atomic mass is 16.3. The maximum Gasteiger partial charge on any atom is 0.194 e. The zero-order valence-corrected chi connectivity index (χ0v) is 15.7. The van der Waals surface area contributed by atoms with Crippen molar-refractivity contribution in [1.82, 2.24) is 20.0 Å². The number of aliphatic hydroxyl groups is 1. The summed E-state index contributed by atoms with van der Waals surface area (Å²) in [6.45, 7) is 5.56. The van der Waals surface area contributed by atoms with Gasteiger partial charge >= 0.3 is 0 Å². The first-order valence-electron chi connectivity index (χ1n) is 9.81. The molecule has 6 nitrogen and oxygen atoms in total. The Labute approximate surface area is 151 Å². The zero-order valence-electron chi connectivity index (χ0n) is 15.7. The number of hydrogen-bond donors (Lipinski definition) is 2. The smallest absolute Gasteiger partial charge is 0.194 e. The van der Waals surface area contributed by atoms with Crippen LogP contribution in [0.5, 0.6) is 0 Å². The van der Waals surface area contributed by atoms with Crippen molar-refractivity contribution in [2.24, 2.45) is 18.0 Å². The van der Waals surface area contributed by atoms with Crippen LogP contribution in [0.1, 0.15) is 51.0 Å². The lowest BCUT2D eigenvalue weighted by molar-refractivity contribution is 0.0130. The Morgan fingerprint density at radius 2 is 2.20 bits per heavy atom. The summed E-state index contributed by atoms with van der Waals surface area (Å²) < 4.78 is 1.87. The van der Waals surface area contributed by atoms with E-state index in [1.165, 1.54) is 18.4 Å². The van der Waals surface area contributed by atoms with Crippen LogP contribution in [0.3, 0.4) is 0 Å². The molecule has 1 aliphatic heterocycles. The molecule has 2 heterocycles. The van der Waals surface area contributed by atoms with E-state index in [0.717, 1.165) is 57.7 Å². The SMILES string of the molecule is CCNC(=NCC1(O)CCCCC1)N1CCC(Cc2cnn(C)c2)C1. The fourth-order valence-corrected chi connectivity index (χ4v) is 4.12. The van der Waals surface area contributed by atoms with Crippen molar-refractivity contribution in [1.29, 1.82) is 0 Å². The number of nitrogens with zero attached hydrogens (tertiary/aromatic N) is 4. The van der Waals surface area contributed by atoms with Crippen molar-refractivity contribution in [2.45, 2.75) is 57.5 Å². The fraction of sp³-hybridized carbons (Fsp3) is 0.789. The lowest BCUT2D eigenvalue weighted by Gasteiger charge is -2.31. The maximum absolute atomic E-state index is 10.7. The minimum atomic E-state index is -0.590. The predicted octanol–water partition coefficient (Wildman–Crippen LogP) is 1.95. The summed E-state index contributed by atoms with van der Waals surface area (Å²) in [4.78, 5) is 7.16. The highest BCUT2D eigenvalue weighted by molar-refractivity contribution is 5.80. The summed E-state index contributed by atoms with van der Waals surface area (Å²) in [5.74, 6) is 1.61. The highest BCUT2D eigenvalue weighted by Gasteiger charge is 2.30. The molecule has 25 heavy (non-hydrogen) atoms. The van der Waals surface area contributed by atoms with E-state index in [2.05, 4.69) is 28.4 Å². The quantitative estimate of drug-likeness (QED) is 0.631. The van der Waals surface area contributed by atoms with E-state index in [1.54, 1.807) is 0 Å². The molecule has 1 aliphatic carbocycles. The Morgan fingerprint density at radius 3 is 2.88 bits per heavy atom. The van der Waals surface area contributed by atoms with Crippen molar-refractivity contribution in [3.8, 4) is 0 Å². The molecule has 1 atom stereocenters. The van der Waals surface area contributed by atoms with Crippen LogP contribution in [0, 0.1) is 5.92 Å². The largest absolute Gasteiger partial charge is 0.388 e. The lowest BCUT2D eigenvalue weighted by atomic mass is 9.85. The summed E-state index contributed by atoms with van der Waals surface area (Å²) in [5.41, 5.74) is 0.723. The van der Waals surface area contributed by atoms with Crippen molar-refractivity contribution in [2.75, 3.05) is 26.2 Å². The van der Waals surface area contributed by atoms with E-state index in [1.807, 2.05) is 17.9 Å². The van der Waals surface area contributed by atoms with E-state index in [-0.39, 0.29) is 0 Å². The van der Waals surface area contributed by atoms with Gasteiger partial charge in [0.05, 0.1) is 18.3 Å². The molecule has 140 valence electrons. The number of aromatic nitrogens is 2. The van der Waals surface area contributed by atoms with Gasteiger partial charge in [-0.1, -0.05) is 19.3 Å². The monoisotopic (exact) mass is 347 g/mol. The molecule has 2 aliphatic rings. The summed E-state index contributed by atoms with van der Waals surface area (Å²) in [5, 5.41) is 18.4. The molecule has 6 heteroatoms. The van der Waals surface area contributed by atoms with E-state index in [0.29, 0.717) is 12.5 Å². The molecule has 2 fully saturated rings. The normalized spacial score (nSPS) is 23.9. The molecule has 3 rings (SSSR count). The number of hydrogen-bond acceptors (Lipinski definition) is 3. The number of guanidine groups is 1. The standard InChI is InChI=1S/C19H33N5O/c1-3-20-18(21-15-19(25)8-5-4-6-9-19)24-10-7-16(14-24)11-17-12-22-23(2)13-17/h12-13,16,25H,3-11,14-15H2,1-2H3,(H,20,21). The van der Waals surface area contributed by atoms with Gasteiger partial charge in [0, 0.05) is 32.9 Å². The summed E-state index contributed by atoms with van der Waals surface area (Å²) in [7, 11) is 1.97. The number of aryl methyl sites for hydroxylation is 1. The third-order valence-corrected chi connectivity index (χ3v) is 5.51. The average molecular weight is 348 g/mol. The topological polar surface area (TPSA) is 65.7 Å². The van der Waals surface area contributed by atoms with Gasteiger partial charge in [-0.05, 0) is 44.1 Å². The molecule has 0 radical (unpaired) electrons. The molecule has 1 saturated carbocycles. The Morgan fingerprint density at radius 1 is 1.40 bits per heavy atom. The molecular formula is C19H33N5O. The van der Waals surface area contributed by atoms with Gasteiger partial charge in [-0.2, -0.15) is 5.10 Å². The van der Waals surface area contributed by atoms with Gasteiger partial charge in [0.1, 0.15) is 0 Å². The van der Waals surface area contributed by atoms with E-state index in [9.17, 15) is 5.11 Å². The van der Waals surface area contributed by atoms with E-state index >= 15 is 0 Å². The third kappa shape index (κ3) is 4.97. The Bertz CT molecular complexity index is 576. The molecule has 2 N–H and O–H groups in total.